The molecule has 2 aromatic carbocycles. The molecule has 3 rings (SSSR count). The predicted octanol–water partition coefficient (Wildman–Crippen LogP) is 3.48. The van der Waals surface area contributed by atoms with E-state index in [0.717, 1.165) is 5.56 Å². The third kappa shape index (κ3) is 3.64. The number of anilines is 1. The van der Waals surface area contributed by atoms with Crippen LogP contribution in [-0.4, -0.2) is 30.1 Å². The lowest BCUT2D eigenvalue weighted by Gasteiger charge is -2.14. The molecule has 6 nitrogen and oxygen atoms in total. The molecule has 0 bridgehead atoms. The number of benzene rings is 2. The van der Waals surface area contributed by atoms with Gasteiger partial charge in [0.2, 0.25) is 5.91 Å². The number of carbonyl (C=O) groups is 1. The van der Waals surface area contributed by atoms with Crippen LogP contribution in [0.5, 0.6) is 11.5 Å². The van der Waals surface area contributed by atoms with Crippen LogP contribution in [0.1, 0.15) is 5.56 Å². The number of hydrogen-bond donors (Lipinski definition) is 1. The summed E-state index contributed by atoms with van der Waals surface area (Å²) in [5.41, 5.74) is 2.42. The third-order valence-electron chi connectivity index (χ3n) is 3.64. The molecule has 0 aliphatic heterocycles. The molecule has 0 aliphatic rings. The second-order valence-corrected chi connectivity index (χ2v) is 5.70. The molecule has 0 unspecified atom stereocenters. The summed E-state index contributed by atoms with van der Waals surface area (Å²) in [5, 5.41) is 3.48. The Hall–Kier alpha value is -2.86. The molecule has 0 atom stereocenters. The standard InChI is InChI=1S/C18H16ClN3O3/c1-24-14-10-13(18(25-2)17-16(14)20-7-8-21-17)22-15(23)9-11-3-5-12(19)6-4-11/h3-8,10H,9H2,1-2H3,(H,22,23). The van der Waals surface area contributed by atoms with Crippen molar-refractivity contribution in [3.63, 3.8) is 0 Å². The lowest BCUT2D eigenvalue weighted by molar-refractivity contribution is -0.115. The van der Waals surface area contributed by atoms with E-state index in [1.54, 1.807) is 30.6 Å². The van der Waals surface area contributed by atoms with Crippen LogP contribution >= 0.6 is 11.6 Å². The van der Waals surface area contributed by atoms with Gasteiger partial charge < -0.3 is 14.8 Å². The maximum atomic E-state index is 12.4. The first-order chi connectivity index (χ1) is 12.1. The van der Waals surface area contributed by atoms with Gasteiger partial charge in [-0.1, -0.05) is 23.7 Å². The lowest BCUT2D eigenvalue weighted by Crippen LogP contribution is -2.15. The van der Waals surface area contributed by atoms with E-state index in [1.807, 2.05) is 12.1 Å². The fourth-order valence-corrected chi connectivity index (χ4v) is 2.64. The SMILES string of the molecule is COc1cc(NC(=O)Cc2ccc(Cl)cc2)c(OC)c2nccnc12. The Kier molecular flexibility index (Phi) is 5.00. The van der Waals surface area contributed by atoms with E-state index < -0.39 is 0 Å². The highest BCUT2D eigenvalue weighted by atomic mass is 35.5. The number of fused-ring (bicyclic) bond motifs is 1. The van der Waals surface area contributed by atoms with Crippen molar-refractivity contribution in [1.29, 1.82) is 0 Å². The highest BCUT2D eigenvalue weighted by molar-refractivity contribution is 6.30. The molecule has 1 heterocycles. The molecule has 25 heavy (non-hydrogen) atoms. The summed E-state index contributed by atoms with van der Waals surface area (Å²) >= 11 is 5.86. The van der Waals surface area contributed by atoms with Crippen LogP contribution in [-0.2, 0) is 11.2 Å². The van der Waals surface area contributed by atoms with E-state index in [4.69, 9.17) is 21.1 Å². The molecule has 0 fully saturated rings. The molecule has 0 aliphatic carbocycles. The van der Waals surface area contributed by atoms with Gasteiger partial charge in [-0.25, -0.2) is 9.97 Å². The highest BCUT2D eigenvalue weighted by Gasteiger charge is 2.17. The molecule has 0 radical (unpaired) electrons. The molecular formula is C18H16ClN3O3. The molecule has 1 aromatic heterocycles. The summed E-state index contributed by atoms with van der Waals surface area (Å²) in [5.74, 6) is 0.755. The summed E-state index contributed by atoms with van der Waals surface area (Å²) in [4.78, 5) is 20.9. The van der Waals surface area contributed by atoms with Crippen molar-refractivity contribution in [2.24, 2.45) is 0 Å². The smallest absolute Gasteiger partial charge is 0.228 e. The van der Waals surface area contributed by atoms with Crippen LogP contribution in [0.15, 0.2) is 42.7 Å². The second kappa shape index (κ2) is 7.36. The monoisotopic (exact) mass is 357 g/mol. The minimum Gasteiger partial charge on any atom is -0.494 e. The first kappa shape index (κ1) is 17.0. The van der Waals surface area contributed by atoms with Crippen molar-refractivity contribution in [3.8, 4) is 11.5 Å². The normalized spacial score (nSPS) is 10.5. The molecule has 0 saturated heterocycles. The zero-order valence-corrected chi connectivity index (χ0v) is 14.5. The summed E-state index contributed by atoms with van der Waals surface area (Å²) in [6.07, 6.45) is 3.34. The average molecular weight is 358 g/mol. The maximum Gasteiger partial charge on any atom is 0.228 e. The van der Waals surface area contributed by atoms with Crippen molar-refractivity contribution in [1.82, 2.24) is 9.97 Å². The van der Waals surface area contributed by atoms with Crippen LogP contribution < -0.4 is 14.8 Å². The predicted molar refractivity (Wildman–Crippen MR) is 96.4 cm³/mol. The molecule has 7 heteroatoms. The molecule has 0 saturated carbocycles. The largest absolute Gasteiger partial charge is 0.494 e. The van der Waals surface area contributed by atoms with E-state index in [2.05, 4.69) is 15.3 Å². The molecule has 1 amide bonds. The summed E-state index contributed by atoms with van der Waals surface area (Å²) in [7, 11) is 3.06. The van der Waals surface area contributed by atoms with Gasteiger partial charge in [0, 0.05) is 23.5 Å². The number of halogens is 1. The van der Waals surface area contributed by atoms with Gasteiger partial charge in [0.25, 0.3) is 0 Å². The van der Waals surface area contributed by atoms with Gasteiger partial charge in [-0.15, -0.1) is 0 Å². The number of hydrogen-bond acceptors (Lipinski definition) is 5. The number of amides is 1. The number of methoxy groups -OCH3 is 2. The van der Waals surface area contributed by atoms with E-state index >= 15 is 0 Å². The van der Waals surface area contributed by atoms with Crippen LogP contribution in [0.2, 0.25) is 5.02 Å². The molecular weight excluding hydrogens is 342 g/mol. The number of nitrogens with one attached hydrogen (secondary N) is 1. The van der Waals surface area contributed by atoms with E-state index in [1.165, 1.54) is 14.2 Å². The van der Waals surface area contributed by atoms with Gasteiger partial charge >= 0.3 is 0 Å². The first-order valence-corrected chi connectivity index (χ1v) is 7.90. The molecule has 1 N–H and O–H groups in total. The van der Waals surface area contributed by atoms with E-state index in [-0.39, 0.29) is 12.3 Å². The van der Waals surface area contributed by atoms with Crippen LogP contribution in [0.25, 0.3) is 11.0 Å². The zero-order valence-electron chi connectivity index (χ0n) is 13.7. The Labute approximate surface area is 149 Å². The highest BCUT2D eigenvalue weighted by Crippen LogP contribution is 2.37. The Morgan fingerprint density at radius 1 is 1.08 bits per heavy atom. The molecule has 128 valence electrons. The maximum absolute atomic E-state index is 12.4. The number of aromatic nitrogens is 2. The number of carbonyl (C=O) groups excluding carboxylic acids is 1. The topological polar surface area (TPSA) is 73.3 Å². The quantitative estimate of drug-likeness (QED) is 0.756. The fourth-order valence-electron chi connectivity index (χ4n) is 2.51. The number of ether oxygens (including phenoxy) is 2. The van der Waals surface area contributed by atoms with Crippen LogP contribution in [0.4, 0.5) is 5.69 Å². The second-order valence-electron chi connectivity index (χ2n) is 5.26. The fraction of sp³-hybridized carbons (Fsp3) is 0.167. The van der Waals surface area contributed by atoms with Gasteiger partial charge in [-0.05, 0) is 17.7 Å². The van der Waals surface area contributed by atoms with Gasteiger partial charge in [0.15, 0.2) is 5.75 Å². The number of rotatable bonds is 5. The number of nitrogens with zero attached hydrogens (tertiary/aromatic N) is 2. The summed E-state index contributed by atoms with van der Waals surface area (Å²) < 4.78 is 10.8. The van der Waals surface area contributed by atoms with Crippen molar-refractivity contribution in [2.45, 2.75) is 6.42 Å². The van der Waals surface area contributed by atoms with Crippen molar-refractivity contribution in [2.75, 3.05) is 19.5 Å². The van der Waals surface area contributed by atoms with Crippen molar-refractivity contribution in [3.05, 3.63) is 53.3 Å². The van der Waals surface area contributed by atoms with E-state index in [9.17, 15) is 4.79 Å². The first-order valence-electron chi connectivity index (χ1n) is 7.52. The minimum atomic E-state index is -0.189. The Morgan fingerprint density at radius 2 is 1.76 bits per heavy atom. The lowest BCUT2D eigenvalue weighted by atomic mass is 10.1. The van der Waals surface area contributed by atoms with Crippen LogP contribution in [0, 0.1) is 0 Å². The van der Waals surface area contributed by atoms with E-state index in [0.29, 0.717) is 33.2 Å². The van der Waals surface area contributed by atoms with Gasteiger partial charge in [0.1, 0.15) is 16.8 Å². The van der Waals surface area contributed by atoms with Gasteiger partial charge in [-0.3, -0.25) is 4.79 Å². The van der Waals surface area contributed by atoms with Crippen molar-refractivity contribution < 1.29 is 14.3 Å². The summed E-state index contributed by atoms with van der Waals surface area (Å²) in [6, 6.07) is 8.80. The Morgan fingerprint density at radius 3 is 2.40 bits per heavy atom. The van der Waals surface area contributed by atoms with Crippen LogP contribution in [0.3, 0.4) is 0 Å². The Balaban J connectivity index is 1.92. The zero-order chi connectivity index (χ0) is 17.8. The summed E-state index contributed by atoms with van der Waals surface area (Å²) in [6.45, 7) is 0. The minimum absolute atomic E-state index is 0.189. The Bertz CT molecular complexity index is 913. The third-order valence-corrected chi connectivity index (χ3v) is 3.89. The average Bonchev–Trinajstić information content (AvgIpc) is 2.63. The molecule has 0 spiro atoms. The molecule has 3 aromatic rings. The van der Waals surface area contributed by atoms with Gasteiger partial charge in [0.05, 0.1) is 26.3 Å². The van der Waals surface area contributed by atoms with Gasteiger partial charge in [-0.2, -0.15) is 0 Å². The van der Waals surface area contributed by atoms with Crippen molar-refractivity contribution >= 4 is 34.2 Å².